The van der Waals surface area contributed by atoms with Crippen LogP contribution in [-0.2, 0) is 13.5 Å². The molecular formula is C17H18N2O3. The molecule has 1 aliphatic rings. The smallest absolute Gasteiger partial charge is 0.255 e. The second-order valence-electron chi connectivity index (χ2n) is 5.51. The number of rotatable bonds is 2. The summed E-state index contributed by atoms with van der Waals surface area (Å²) in [6.07, 6.45) is 2.31. The van der Waals surface area contributed by atoms with Crippen molar-refractivity contribution in [3.63, 3.8) is 0 Å². The molecule has 22 heavy (non-hydrogen) atoms. The van der Waals surface area contributed by atoms with E-state index in [0.29, 0.717) is 12.1 Å². The molecule has 1 aromatic carbocycles. The summed E-state index contributed by atoms with van der Waals surface area (Å²) < 4.78 is 1.39. The van der Waals surface area contributed by atoms with E-state index in [1.54, 1.807) is 24.2 Å². The number of carbonyl (C=O) groups is 1. The minimum atomic E-state index is -0.338. The predicted molar refractivity (Wildman–Crippen MR) is 82.7 cm³/mol. The number of hydrogen-bond donors (Lipinski definition) is 1. The molecule has 0 aliphatic carbocycles. The number of amides is 1. The molecule has 1 atom stereocenters. The highest BCUT2D eigenvalue weighted by molar-refractivity contribution is 5.94. The molecule has 0 saturated carbocycles. The van der Waals surface area contributed by atoms with Gasteiger partial charge in [0.25, 0.3) is 5.91 Å². The van der Waals surface area contributed by atoms with Crippen LogP contribution in [0.3, 0.4) is 0 Å². The quantitative estimate of drug-likeness (QED) is 0.903. The van der Waals surface area contributed by atoms with Crippen LogP contribution in [0.4, 0.5) is 0 Å². The van der Waals surface area contributed by atoms with Crippen molar-refractivity contribution in [2.45, 2.75) is 12.5 Å². The molecule has 0 radical (unpaired) electrons. The average Bonchev–Trinajstić information content (AvgIpc) is 2.55. The molecule has 1 aromatic heterocycles. The molecule has 3 rings (SSSR count). The van der Waals surface area contributed by atoms with Gasteiger partial charge >= 0.3 is 0 Å². The minimum Gasteiger partial charge on any atom is -0.394 e. The van der Waals surface area contributed by atoms with E-state index in [2.05, 4.69) is 0 Å². The number of nitrogens with zero attached hydrogens (tertiary/aromatic N) is 2. The van der Waals surface area contributed by atoms with Crippen molar-refractivity contribution >= 4 is 5.91 Å². The van der Waals surface area contributed by atoms with Crippen LogP contribution >= 0.6 is 0 Å². The second kappa shape index (κ2) is 5.77. The molecule has 114 valence electrons. The number of fused-ring (bicyclic) bond motifs is 1. The molecule has 5 nitrogen and oxygen atoms in total. The standard InChI is InChI=1S/C17H18N2O3/c1-18-10-13(6-7-16(18)21)17(22)19-9-8-12-4-2-3-5-14(12)15(19)11-20/h2-7,10,15,20H,8-9,11H2,1H3. The predicted octanol–water partition coefficient (Wildman–Crippen LogP) is 1.12. The largest absolute Gasteiger partial charge is 0.394 e. The van der Waals surface area contributed by atoms with E-state index in [4.69, 9.17) is 0 Å². The number of pyridine rings is 1. The van der Waals surface area contributed by atoms with Crippen LogP contribution in [0.2, 0.25) is 0 Å². The maximum atomic E-state index is 12.7. The number of hydrogen-bond acceptors (Lipinski definition) is 3. The molecule has 2 aromatic rings. The number of benzene rings is 1. The highest BCUT2D eigenvalue weighted by atomic mass is 16.3. The van der Waals surface area contributed by atoms with E-state index >= 15 is 0 Å². The van der Waals surface area contributed by atoms with E-state index in [1.807, 2.05) is 24.3 Å². The topological polar surface area (TPSA) is 62.5 Å². The van der Waals surface area contributed by atoms with Crippen LogP contribution in [0.25, 0.3) is 0 Å². The van der Waals surface area contributed by atoms with Crippen LogP contribution in [0, 0.1) is 0 Å². The molecule has 0 saturated heterocycles. The molecule has 1 amide bonds. The first kappa shape index (κ1) is 14.5. The van der Waals surface area contributed by atoms with Crippen molar-refractivity contribution in [3.8, 4) is 0 Å². The third-order valence-electron chi connectivity index (χ3n) is 4.18. The van der Waals surface area contributed by atoms with Gasteiger partial charge in [-0.2, -0.15) is 0 Å². The summed E-state index contributed by atoms with van der Waals surface area (Å²) in [6, 6.07) is 10.5. The fourth-order valence-electron chi connectivity index (χ4n) is 2.98. The summed E-state index contributed by atoms with van der Waals surface area (Å²) in [7, 11) is 1.62. The lowest BCUT2D eigenvalue weighted by Crippen LogP contribution is -2.42. The maximum Gasteiger partial charge on any atom is 0.255 e. The first-order valence-corrected chi connectivity index (χ1v) is 7.28. The zero-order valence-electron chi connectivity index (χ0n) is 12.4. The van der Waals surface area contributed by atoms with E-state index in [9.17, 15) is 14.7 Å². The molecular weight excluding hydrogens is 280 g/mol. The van der Waals surface area contributed by atoms with E-state index in [-0.39, 0.29) is 24.1 Å². The lowest BCUT2D eigenvalue weighted by Gasteiger charge is -2.36. The van der Waals surface area contributed by atoms with E-state index < -0.39 is 0 Å². The van der Waals surface area contributed by atoms with Gasteiger partial charge in [0, 0.05) is 25.9 Å². The van der Waals surface area contributed by atoms with Crippen molar-refractivity contribution in [1.29, 1.82) is 0 Å². The lowest BCUT2D eigenvalue weighted by atomic mass is 9.92. The Morgan fingerprint density at radius 3 is 2.77 bits per heavy atom. The third kappa shape index (κ3) is 2.44. The van der Waals surface area contributed by atoms with Crippen molar-refractivity contribution < 1.29 is 9.90 Å². The Bertz CT molecular complexity index is 766. The molecule has 0 spiro atoms. The van der Waals surface area contributed by atoms with E-state index in [0.717, 1.165) is 12.0 Å². The summed E-state index contributed by atoms with van der Waals surface area (Å²) in [5, 5.41) is 9.75. The van der Waals surface area contributed by atoms with Crippen LogP contribution in [0.1, 0.15) is 27.5 Å². The van der Waals surface area contributed by atoms with Gasteiger partial charge in [-0.05, 0) is 23.6 Å². The summed E-state index contributed by atoms with van der Waals surface area (Å²) in [5.41, 5.74) is 2.47. The number of aliphatic hydroxyl groups is 1. The maximum absolute atomic E-state index is 12.7. The Hall–Kier alpha value is -2.40. The van der Waals surface area contributed by atoms with Gasteiger partial charge in [0.15, 0.2) is 0 Å². The fraction of sp³-hybridized carbons (Fsp3) is 0.294. The van der Waals surface area contributed by atoms with Gasteiger partial charge in [-0.1, -0.05) is 24.3 Å². The number of carbonyl (C=O) groups excluding carboxylic acids is 1. The second-order valence-corrected chi connectivity index (χ2v) is 5.51. The Labute approximate surface area is 128 Å². The fourth-order valence-corrected chi connectivity index (χ4v) is 2.98. The van der Waals surface area contributed by atoms with E-state index in [1.165, 1.54) is 16.2 Å². The monoisotopic (exact) mass is 298 g/mol. The number of aryl methyl sites for hydroxylation is 1. The summed E-state index contributed by atoms with van der Waals surface area (Å²) in [4.78, 5) is 25.9. The molecule has 1 aliphatic heterocycles. The number of aromatic nitrogens is 1. The van der Waals surface area contributed by atoms with Crippen LogP contribution < -0.4 is 5.56 Å². The zero-order chi connectivity index (χ0) is 15.7. The number of aliphatic hydroxyl groups excluding tert-OH is 1. The Balaban J connectivity index is 1.96. The Kier molecular flexibility index (Phi) is 3.81. The van der Waals surface area contributed by atoms with Crippen molar-refractivity contribution in [3.05, 3.63) is 69.6 Å². The molecule has 0 fully saturated rings. The van der Waals surface area contributed by atoms with Gasteiger partial charge in [0.2, 0.25) is 5.56 Å². The highest BCUT2D eigenvalue weighted by Gasteiger charge is 2.30. The first-order chi connectivity index (χ1) is 10.6. The molecule has 1 N–H and O–H groups in total. The van der Waals surface area contributed by atoms with Crippen LogP contribution in [-0.4, -0.2) is 33.6 Å². The lowest BCUT2D eigenvalue weighted by molar-refractivity contribution is 0.0568. The van der Waals surface area contributed by atoms with Gasteiger partial charge in [-0.25, -0.2) is 0 Å². The SMILES string of the molecule is Cn1cc(C(=O)N2CCc3ccccc3C2CO)ccc1=O. The highest BCUT2D eigenvalue weighted by Crippen LogP contribution is 2.30. The first-order valence-electron chi connectivity index (χ1n) is 7.28. The minimum absolute atomic E-state index is 0.117. The van der Waals surface area contributed by atoms with Crippen molar-refractivity contribution in [2.24, 2.45) is 7.05 Å². The molecule has 1 unspecified atom stereocenters. The molecule has 2 heterocycles. The Morgan fingerprint density at radius 1 is 1.27 bits per heavy atom. The average molecular weight is 298 g/mol. The van der Waals surface area contributed by atoms with Gasteiger partial charge in [-0.3, -0.25) is 9.59 Å². The zero-order valence-corrected chi connectivity index (χ0v) is 12.4. The van der Waals surface area contributed by atoms with Crippen LogP contribution in [0.5, 0.6) is 0 Å². The van der Waals surface area contributed by atoms with Crippen molar-refractivity contribution in [2.75, 3.05) is 13.2 Å². The summed E-state index contributed by atoms with van der Waals surface area (Å²) in [6.45, 7) is 0.443. The van der Waals surface area contributed by atoms with Crippen molar-refractivity contribution in [1.82, 2.24) is 9.47 Å². The Morgan fingerprint density at radius 2 is 2.05 bits per heavy atom. The molecule has 0 bridgehead atoms. The van der Waals surface area contributed by atoms with Gasteiger partial charge in [0.1, 0.15) is 0 Å². The normalized spacial score (nSPS) is 17.2. The summed E-state index contributed by atoms with van der Waals surface area (Å²) in [5.74, 6) is -0.163. The van der Waals surface area contributed by atoms with Gasteiger partial charge < -0.3 is 14.6 Å². The van der Waals surface area contributed by atoms with Crippen LogP contribution in [0.15, 0.2) is 47.4 Å². The van der Waals surface area contributed by atoms with Gasteiger partial charge in [-0.15, -0.1) is 0 Å². The summed E-state index contributed by atoms with van der Waals surface area (Å²) >= 11 is 0. The third-order valence-corrected chi connectivity index (χ3v) is 4.18. The molecule has 5 heteroatoms. The van der Waals surface area contributed by atoms with Gasteiger partial charge in [0.05, 0.1) is 18.2 Å².